The van der Waals surface area contributed by atoms with Crippen LogP contribution in [0.4, 0.5) is 5.69 Å². The number of benzene rings is 2. The van der Waals surface area contributed by atoms with E-state index in [1.165, 1.54) is 28.8 Å². The first kappa shape index (κ1) is 17.3. The Kier molecular flexibility index (Phi) is 4.96. The van der Waals surface area contributed by atoms with Crippen LogP contribution in [-0.2, 0) is 4.79 Å². The van der Waals surface area contributed by atoms with Crippen molar-refractivity contribution in [2.45, 2.75) is 0 Å². The van der Waals surface area contributed by atoms with Crippen molar-refractivity contribution in [3.05, 3.63) is 52.9 Å². The Morgan fingerprint density at radius 1 is 1.12 bits per heavy atom. The van der Waals surface area contributed by atoms with Gasteiger partial charge in [-0.15, -0.1) is 0 Å². The number of methoxy groups -OCH3 is 2. The molecule has 0 atom stereocenters. The van der Waals surface area contributed by atoms with Gasteiger partial charge >= 0.3 is 0 Å². The molecule has 0 spiro atoms. The van der Waals surface area contributed by atoms with Gasteiger partial charge in [0, 0.05) is 5.56 Å². The van der Waals surface area contributed by atoms with Gasteiger partial charge in [0.2, 0.25) is 0 Å². The number of rotatable bonds is 4. The van der Waals surface area contributed by atoms with Crippen LogP contribution in [0, 0.1) is 0 Å². The van der Waals surface area contributed by atoms with E-state index in [0.717, 1.165) is 5.56 Å². The predicted molar refractivity (Wildman–Crippen MR) is 103 cm³/mol. The Bertz CT molecular complexity index is 862. The number of carbonyl (C=O) groups is 1. The van der Waals surface area contributed by atoms with E-state index in [-0.39, 0.29) is 11.7 Å². The highest BCUT2D eigenvalue weighted by Crippen LogP contribution is 2.39. The normalized spacial score (nSPS) is 15.8. The second-order valence-electron chi connectivity index (χ2n) is 5.12. The number of anilines is 1. The summed E-state index contributed by atoms with van der Waals surface area (Å²) in [5, 5.41) is 9.41. The highest BCUT2D eigenvalue weighted by atomic mass is 32.2. The highest BCUT2D eigenvalue weighted by Gasteiger charge is 2.33. The van der Waals surface area contributed by atoms with Gasteiger partial charge in [-0.3, -0.25) is 9.69 Å². The Morgan fingerprint density at radius 3 is 2.48 bits per heavy atom. The SMILES string of the molecule is COc1cccc(/C=C2\SC(=S)N(c3ccc(O)cc3)C2=O)c1OC. The molecule has 2 aromatic rings. The second kappa shape index (κ2) is 7.16. The lowest BCUT2D eigenvalue weighted by molar-refractivity contribution is -0.113. The van der Waals surface area contributed by atoms with E-state index in [0.29, 0.717) is 26.4 Å². The lowest BCUT2D eigenvalue weighted by Crippen LogP contribution is -2.27. The maximum Gasteiger partial charge on any atom is 0.270 e. The van der Waals surface area contributed by atoms with Crippen molar-refractivity contribution in [1.29, 1.82) is 0 Å². The first-order chi connectivity index (χ1) is 12.0. The molecule has 0 saturated carbocycles. The van der Waals surface area contributed by atoms with E-state index in [2.05, 4.69) is 0 Å². The Labute approximate surface area is 154 Å². The molecule has 1 aliphatic heterocycles. The van der Waals surface area contributed by atoms with Crippen molar-refractivity contribution >= 4 is 46.0 Å². The summed E-state index contributed by atoms with van der Waals surface area (Å²) in [4.78, 5) is 14.7. The molecule has 1 saturated heterocycles. The predicted octanol–water partition coefficient (Wildman–Crippen LogP) is 3.82. The van der Waals surface area contributed by atoms with Gasteiger partial charge in [0.1, 0.15) is 5.75 Å². The summed E-state index contributed by atoms with van der Waals surface area (Å²) in [6, 6.07) is 11.8. The van der Waals surface area contributed by atoms with Crippen LogP contribution < -0.4 is 14.4 Å². The maximum absolute atomic E-state index is 12.8. The average molecular weight is 373 g/mol. The summed E-state index contributed by atoms with van der Waals surface area (Å²) in [6.07, 6.45) is 1.74. The van der Waals surface area contributed by atoms with Crippen LogP contribution >= 0.6 is 24.0 Å². The van der Waals surface area contributed by atoms with Crippen LogP contribution in [0.2, 0.25) is 0 Å². The summed E-state index contributed by atoms with van der Waals surface area (Å²) >= 11 is 6.56. The van der Waals surface area contributed by atoms with Crippen LogP contribution in [0.25, 0.3) is 6.08 Å². The quantitative estimate of drug-likeness (QED) is 0.650. The van der Waals surface area contributed by atoms with E-state index < -0.39 is 0 Å². The van der Waals surface area contributed by atoms with E-state index in [4.69, 9.17) is 21.7 Å². The van der Waals surface area contributed by atoms with Crippen LogP contribution in [-0.4, -0.2) is 29.6 Å². The standard InChI is InChI=1S/C18H15NO4S2/c1-22-14-5-3-4-11(16(14)23-2)10-15-17(21)19(18(24)25-15)12-6-8-13(20)9-7-12/h3-10,20H,1-2H3/b15-10-. The van der Waals surface area contributed by atoms with Gasteiger partial charge in [-0.05, 0) is 36.4 Å². The molecule has 5 nitrogen and oxygen atoms in total. The highest BCUT2D eigenvalue weighted by molar-refractivity contribution is 8.27. The van der Waals surface area contributed by atoms with Crippen LogP contribution in [0.3, 0.4) is 0 Å². The monoisotopic (exact) mass is 373 g/mol. The van der Waals surface area contributed by atoms with Gasteiger partial charge in [0.05, 0.1) is 24.8 Å². The van der Waals surface area contributed by atoms with Gasteiger partial charge in [-0.2, -0.15) is 0 Å². The number of ether oxygens (including phenoxy) is 2. The summed E-state index contributed by atoms with van der Waals surface area (Å²) < 4.78 is 11.1. The lowest BCUT2D eigenvalue weighted by Gasteiger charge is -2.14. The molecule has 1 heterocycles. The smallest absolute Gasteiger partial charge is 0.270 e. The van der Waals surface area contributed by atoms with E-state index >= 15 is 0 Å². The number of thiocarbonyl (C=S) groups is 1. The zero-order valence-corrected chi connectivity index (χ0v) is 15.2. The third-order valence-electron chi connectivity index (χ3n) is 3.62. The Hall–Kier alpha value is -2.51. The fraction of sp³-hybridized carbons (Fsp3) is 0.111. The number of aromatic hydroxyl groups is 1. The van der Waals surface area contributed by atoms with Crippen LogP contribution in [0.1, 0.15) is 5.56 Å². The summed E-state index contributed by atoms with van der Waals surface area (Å²) in [5.41, 5.74) is 1.34. The number of hydrogen-bond donors (Lipinski definition) is 1. The first-order valence-electron chi connectivity index (χ1n) is 7.33. The number of carbonyl (C=O) groups excluding carboxylic acids is 1. The molecule has 0 unspecified atom stereocenters. The Morgan fingerprint density at radius 2 is 1.84 bits per heavy atom. The van der Waals surface area contributed by atoms with Crippen molar-refractivity contribution in [3.63, 3.8) is 0 Å². The molecule has 128 valence electrons. The largest absolute Gasteiger partial charge is 0.508 e. The summed E-state index contributed by atoms with van der Waals surface area (Å²) in [6.45, 7) is 0. The number of amides is 1. The molecule has 2 aromatic carbocycles. The van der Waals surface area contributed by atoms with Crippen molar-refractivity contribution < 1.29 is 19.4 Å². The fourth-order valence-electron chi connectivity index (χ4n) is 2.46. The number of hydrogen-bond acceptors (Lipinski definition) is 6. The molecule has 0 radical (unpaired) electrons. The molecular formula is C18H15NO4S2. The molecule has 25 heavy (non-hydrogen) atoms. The molecular weight excluding hydrogens is 358 g/mol. The summed E-state index contributed by atoms with van der Waals surface area (Å²) in [7, 11) is 3.11. The average Bonchev–Trinajstić information content (AvgIpc) is 2.89. The molecule has 1 amide bonds. The van der Waals surface area contributed by atoms with Crippen LogP contribution in [0.5, 0.6) is 17.2 Å². The maximum atomic E-state index is 12.8. The molecule has 3 rings (SSSR count). The van der Waals surface area contributed by atoms with Crippen molar-refractivity contribution in [3.8, 4) is 17.2 Å². The number of phenols is 1. The van der Waals surface area contributed by atoms with Crippen molar-refractivity contribution in [2.75, 3.05) is 19.1 Å². The number of phenolic OH excluding ortho intramolecular Hbond substituents is 1. The third-order valence-corrected chi connectivity index (χ3v) is 4.92. The molecule has 0 aliphatic carbocycles. The zero-order chi connectivity index (χ0) is 18.0. The molecule has 1 aliphatic rings. The fourth-order valence-corrected chi connectivity index (χ4v) is 3.75. The second-order valence-corrected chi connectivity index (χ2v) is 6.79. The van der Waals surface area contributed by atoms with E-state index in [9.17, 15) is 9.90 Å². The van der Waals surface area contributed by atoms with E-state index in [1.54, 1.807) is 38.5 Å². The molecule has 0 bridgehead atoms. The van der Waals surface area contributed by atoms with E-state index in [1.807, 2.05) is 12.1 Å². The molecule has 1 N–H and O–H groups in total. The number of nitrogens with zero attached hydrogens (tertiary/aromatic N) is 1. The number of para-hydroxylation sites is 1. The zero-order valence-electron chi connectivity index (χ0n) is 13.6. The van der Waals surface area contributed by atoms with Crippen LogP contribution in [0.15, 0.2) is 47.4 Å². The molecule has 7 heteroatoms. The first-order valence-corrected chi connectivity index (χ1v) is 8.55. The topological polar surface area (TPSA) is 59.0 Å². The van der Waals surface area contributed by atoms with Crippen molar-refractivity contribution in [1.82, 2.24) is 0 Å². The van der Waals surface area contributed by atoms with Crippen molar-refractivity contribution in [2.24, 2.45) is 0 Å². The third kappa shape index (κ3) is 3.33. The molecule has 1 fully saturated rings. The Balaban J connectivity index is 1.97. The van der Waals surface area contributed by atoms with Gasteiger partial charge < -0.3 is 14.6 Å². The van der Waals surface area contributed by atoms with Gasteiger partial charge in [0.25, 0.3) is 5.91 Å². The minimum Gasteiger partial charge on any atom is -0.508 e. The summed E-state index contributed by atoms with van der Waals surface area (Å²) in [5.74, 6) is 1.06. The number of thioether (sulfide) groups is 1. The minimum atomic E-state index is -0.217. The van der Waals surface area contributed by atoms with Gasteiger partial charge in [-0.25, -0.2) is 0 Å². The minimum absolute atomic E-state index is 0.130. The van der Waals surface area contributed by atoms with Gasteiger partial charge in [-0.1, -0.05) is 36.1 Å². The molecule has 0 aromatic heterocycles. The lowest BCUT2D eigenvalue weighted by atomic mass is 10.1. The van der Waals surface area contributed by atoms with Gasteiger partial charge in [0.15, 0.2) is 15.8 Å².